The molecule has 16 heavy (non-hydrogen) atoms. The number of thioether (sulfide) groups is 1. The molecule has 90 valence electrons. The third-order valence-corrected chi connectivity index (χ3v) is 3.75. The van der Waals surface area contributed by atoms with Gasteiger partial charge in [0.05, 0.1) is 0 Å². The molecule has 1 unspecified atom stereocenters. The fourth-order valence-electron chi connectivity index (χ4n) is 1.42. The second-order valence-corrected chi connectivity index (χ2v) is 5.44. The molecule has 0 saturated heterocycles. The van der Waals surface area contributed by atoms with E-state index in [0.29, 0.717) is 6.04 Å². The van der Waals surface area contributed by atoms with Gasteiger partial charge in [0, 0.05) is 24.2 Å². The van der Waals surface area contributed by atoms with Crippen LogP contribution in [0.1, 0.15) is 19.4 Å². The lowest BCUT2D eigenvalue weighted by molar-refractivity contribution is 0.574. The van der Waals surface area contributed by atoms with Crippen LogP contribution in [-0.2, 0) is 6.42 Å². The van der Waals surface area contributed by atoms with Crippen LogP contribution in [0, 0.1) is 5.92 Å². The first kappa shape index (κ1) is 13.5. The fraction of sp³-hybridized carbons (Fsp3) is 0.583. The number of hydrogen-bond donors (Lipinski definition) is 2. The second kappa shape index (κ2) is 7.65. The van der Waals surface area contributed by atoms with Crippen LogP contribution >= 0.6 is 11.8 Å². The van der Waals surface area contributed by atoms with E-state index in [1.165, 1.54) is 11.3 Å². The molecule has 3 nitrogen and oxygen atoms in total. The van der Waals surface area contributed by atoms with Crippen LogP contribution in [0.25, 0.3) is 0 Å². The lowest BCUT2D eigenvalue weighted by Gasteiger charge is -2.15. The predicted octanol–water partition coefficient (Wildman–Crippen LogP) is 1.85. The third kappa shape index (κ3) is 5.49. The smallest absolute Gasteiger partial charge is 0.0342 e. The summed E-state index contributed by atoms with van der Waals surface area (Å²) in [5, 5.41) is 0. The Morgan fingerprint density at radius 1 is 1.44 bits per heavy atom. The standard InChI is InChI=1S/C12H21N3S/c1-10(2)8-16-9-12(15-13)6-11-4-3-5-14-7-11/h3-5,7,10,12,15H,6,8-9,13H2,1-2H3. The van der Waals surface area contributed by atoms with Gasteiger partial charge in [0.2, 0.25) is 0 Å². The van der Waals surface area contributed by atoms with E-state index < -0.39 is 0 Å². The van der Waals surface area contributed by atoms with Crippen molar-refractivity contribution >= 4 is 11.8 Å². The van der Waals surface area contributed by atoms with E-state index in [2.05, 4.69) is 30.3 Å². The van der Waals surface area contributed by atoms with E-state index in [0.717, 1.165) is 18.1 Å². The topological polar surface area (TPSA) is 50.9 Å². The van der Waals surface area contributed by atoms with Crippen LogP contribution in [0.5, 0.6) is 0 Å². The molecule has 0 saturated carbocycles. The van der Waals surface area contributed by atoms with Crippen LogP contribution in [0.2, 0.25) is 0 Å². The summed E-state index contributed by atoms with van der Waals surface area (Å²) in [5.74, 6) is 8.52. The molecule has 0 aromatic carbocycles. The molecule has 0 bridgehead atoms. The number of hydrazine groups is 1. The summed E-state index contributed by atoms with van der Waals surface area (Å²) in [6.07, 6.45) is 4.63. The summed E-state index contributed by atoms with van der Waals surface area (Å²) in [6, 6.07) is 4.38. The largest absolute Gasteiger partial charge is 0.271 e. The zero-order chi connectivity index (χ0) is 11.8. The van der Waals surface area contributed by atoms with Gasteiger partial charge in [-0.05, 0) is 29.7 Å². The van der Waals surface area contributed by atoms with E-state index in [9.17, 15) is 0 Å². The van der Waals surface area contributed by atoms with Gasteiger partial charge in [-0.2, -0.15) is 11.8 Å². The Bertz CT molecular complexity index is 277. The van der Waals surface area contributed by atoms with Gasteiger partial charge in [0.1, 0.15) is 0 Å². The normalized spacial score (nSPS) is 13.0. The molecule has 0 aliphatic carbocycles. The van der Waals surface area contributed by atoms with Gasteiger partial charge in [-0.15, -0.1) is 0 Å². The molecular weight excluding hydrogens is 218 g/mol. The second-order valence-electron chi connectivity index (χ2n) is 4.36. The van der Waals surface area contributed by atoms with Gasteiger partial charge in [0.25, 0.3) is 0 Å². The van der Waals surface area contributed by atoms with Crippen molar-refractivity contribution in [2.75, 3.05) is 11.5 Å². The summed E-state index contributed by atoms with van der Waals surface area (Å²) < 4.78 is 0. The van der Waals surface area contributed by atoms with Crippen molar-refractivity contribution < 1.29 is 0 Å². The van der Waals surface area contributed by atoms with Gasteiger partial charge in [-0.1, -0.05) is 19.9 Å². The third-order valence-electron chi connectivity index (χ3n) is 2.21. The van der Waals surface area contributed by atoms with Crippen molar-refractivity contribution in [3.8, 4) is 0 Å². The van der Waals surface area contributed by atoms with Crippen LogP contribution in [-0.4, -0.2) is 22.5 Å². The number of rotatable bonds is 7. The van der Waals surface area contributed by atoms with Gasteiger partial charge in [-0.25, -0.2) is 0 Å². The zero-order valence-electron chi connectivity index (χ0n) is 10.0. The quantitative estimate of drug-likeness (QED) is 0.563. The van der Waals surface area contributed by atoms with E-state index in [1.807, 2.05) is 24.0 Å². The van der Waals surface area contributed by atoms with Crippen LogP contribution in [0.4, 0.5) is 0 Å². The molecule has 0 amide bonds. The molecule has 1 aromatic heterocycles. The highest BCUT2D eigenvalue weighted by Gasteiger charge is 2.08. The van der Waals surface area contributed by atoms with Gasteiger partial charge >= 0.3 is 0 Å². The monoisotopic (exact) mass is 239 g/mol. The fourth-order valence-corrected chi connectivity index (χ4v) is 2.52. The summed E-state index contributed by atoms with van der Waals surface area (Å²) in [7, 11) is 0. The molecule has 0 aliphatic heterocycles. The Labute approximate surface area is 102 Å². The van der Waals surface area contributed by atoms with E-state index in [4.69, 9.17) is 5.84 Å². The van der Waals surface area contributed by atoms with Crippen LogP contribution < -0.4 is 11.3 Å². The number of nitrogens with zero attached hydrogens (tertiary/aromatic N) is 1. The number of nitrogens with two attached hydrogens (primary N) is 1. The Hall–Kier alpha value is -0.580. The summed E-state index contributed by atoms with van der Waals surface area (Å²) in [5.41, 5.74) is 4.11. The molecule has 1 aromatic rings. The first-order valence-electron chi connectivity index (χ1n) is 5.65. The molecule has 0 spiro atoms. The highest BCUT2D eigenvalue weighted by Crippen LogP contribution is 2.11. The van der Waals surface area contributed by atoms with Gasteiger partial charge in [-0.3, -0.25) is 16.3 Å². The summed E-state index contributed by atoms with van der Waals surface area (Å²) >= 11 is 1.95. The van der Waals surface area contributed by atoms with Crippen LogP contribution in [0.3, 0.4) is 0 Å². The highest BCUT2D eigenvalue weighted by atomic mass is 32.2. The predicted molar refractivity (Wildman–Crippen MR) is 71.2 cm³/mol. The molecular formula is C12H21N3S. The summed E-state index contributed by atoms with van der Waals surface area (Å²) in [4.78, 5) is 4.11. The first-order chi connectivity index (χ1) is 7.72. The average Bonchev–Trinajstić information content (AvgIpc) is 2.28. The Morgan fingerprint density at radius 3 is 2.81 bits per heavy atom. The van der Waals surface area contributed by atoms with Gasteiger partial charge < -0.3 is 0 Å². The van der Waals surface area contributed by atoms with Crippen molar-refractivity contribution in [2.45, 2.75) is 26.3 Å². The van der Waals surface area contributed by atoms with E-state index in [-0.39, 0.29) is 0 Å². The number of pyridine rings is 1. The first-order valence-corrected chi connectivity index (χ1v) is 6.80. The van der Waals surface area contributed by atoms with Crippen molar-refractivity contribution in [1.29, 1.82) is 0 Å². The molecule has 0 fully saturated rings. The van der Waals surface area contributed by atoms with Crippen molar-refractivity contribution in [2.24, 2.45) is 11.8 Å². The number of hydrogen-bond acceptors (Lipinski definition) is 4. The molecule has 3 N–H and O–H groups in total. The van der Waals surface area contributed by atoms with Crippen molar-refractivity contribution in [3.63, 3.8) is 0 Å². The SMILES string of the molecule is CC(C)CSCC(Cc1cccnc1)NN. The molecule has 1 rings (SSSR count). The Balaban J connectivity index is 2.32. The molecule has 1 heterocycles. The lowest BCUT2D eigenvalue weighted by atomic mass is 10.1. The Morgan fingerprint density at radius 2 is 2.25 bits per heavy atom. The van der Waals surface area contributed by atoms with Crippen molar-refractivity contribution in [1.82, 2.24) is 10.4 Å². The zero-order valence-corrected chi connectivity index (χ0v) is 10.8. The Kier molecular flexibility index (Phi) is 6.45. The maximum atomic E-state index is 5.55. The molecule has 0 aliphatic rings. The van der Waals surface area contributed by atoms with Crippen molar-refractivity contribution in [3.05, 3.63) is 30.1 Å². The average molecular weight is 239 g/mol. The van der Waals surface area contributed by atoms with E-state index in [1.54, 1.807) is 6.20 Å². The summed E-state index contributed by atoms with van der Waals surface area (Å²) in [6.45, 7) is 4.47. The molecule has 4 heteroatoms. The number of nitrogens with one attached hydrogen (secondary N) is 1. The maximum absolute atomic E-state index is 5.55. The number of aromatic nitrogens is 1. The maximum Gasteiger partial charge on any atom is 0.0342 e. The minimum Gasteiger partial charge on any atom is -0.271 e. The minimum atomic E-state index is 0.327. The molecule has 0 radical (unpaired) electrons. The highest BCUT2D eigenvalue weighted by molar-refractivity contribution is 7.99. The minimum absolute atomic E-state index is 0.327. The lowest BCUT2D eigenvalue weighted by Crippen LogP contribution is -2.38. The van der Waals surface area contributed by atoms with E-state index >= 15 is 0 Å². The molecule has 1 atom stereocenters. The van der Waals surface area contributed by atoms with Crippen LogP contribution in [0.15, 0.2) is 24.5 Å². The van der Waals surface area contributed by atoms with Gasteiger partial charge in [0.15, 0.2) is 0 Å².